The fourth-order valence-corrected chi connectivity index (χ4v) is 3.70. The minimum atomic E-state index is -3.56. The Morgan fingerprint density at radius 3 is 2.38 bits per heavy atom. The summed E-state index contributed by atoms with van der Waals surface area (Å²) in [6, 6.07) is 10.3. The van der Waals surface area contributed by atoms with Gasteiger partial charge < -0.3 is 5.32 Å². The molecule has 2 aromatic rings. The average Bonchev–Trinajstić information content (AvgIpc) is 2.51. The first kappa shape index (κ1) is 18.9. The Balaban J connectivity index is 2.44. The number of amides is 1. The monoisotopic (exact) mass is 458 g/mol. The van der Waals surface area contributed by atoms with E-state index in [0.717, 1.165) is 19.0 Å². The molecule has 5 nitrogen and oxygen atoms in total. The van der Waals surface area contributed by atoms with Crippen LogP contribution < -0.4 is 5.32 Å². The number of hydrogen-bond acceptors (Lipinski definition) is 3. The van der Waals surface area contributed by atoms with Crippen molar-refractivity contribution < 1.29 is 13.2 Å². The van der Waals surface area contributed by atoms with Gasteiger partial charge in [-0.05, 0) is 77.9 Å². The van der Waals surface area contributed by atoms with Gasteiger partial charge in [0.15, 0.2) is 0 Å². The minimum absolute atomic E-state index is 0.161. The summed E-state index contributed by atoms with van der Waals surface area (Å²) in [6.07, 6.45) is 0. The number of nitrogens with zero attached hydrogens (tertiary/aromatic N) is 1. The second-order valence-corrected chi connectivity index (χ2v) is 9.06. The number of rotatable bonds is 4. The Morgan fingerprint density at radius 1 is 1.12 bits per heavy atom. The molecular formula is C17H19IN2O3S. The number of carbonyl (C=O) groups is 1. The van der Waals surface area contributed by atoms with Gasteiger partial charge in [0.25, 0.3) is 5.91 Å². The van der Waals surface area contributed by atoms with Crippen molar-refractivity contribution in [2.75, 3.05) is 19.4 Å². The van der Waals surface area contributed by atoms with Crippen LogP contribution in [0.4, 0.5) is 5.69 Å². The maximum Gasteiger partial charge on any atom is 0.255 e. The first-order valence-electron chi connectivity index (χ1n) is 7.23. The molecule has 0 bridgehead atoms. The summed E-state index contributed by atoms with van der Waals surface area (Å²) in [4.78, 5) is 12.6. The molecule has 128 valence electrons. The lowest BCUT2D eigenvalue weighted by atomic mass is 10.1. The first-order chi connectivity index (χ1) is 11.1. The zero-order valence-corrected chi connectivity index (χ0v) is 16.9. The van der Waals surface area contributed by atoms with Gasteiger partial charge in [-0.2, -0.15) is 0 Å². The molecule has 0 aliphatic heterocycles. The molecule has 2 rings (SSSR count). The van der Waals surface area contributed by atoms with Crippen molar-refractivity contribution in [3.05, 3.63) is 56.7 Å². The van der Waals surface area contributed by atoms with E-state index in [1.54, 1.807) is 18.2 Å². The summed E-state index contributed by atoms with van der Waals surface area (Å²) in [5, 5.41) is 2.82. The van der Waals surface area contributed by atoms with E-state index in [1.807, 2.05) is 26.0 Å². The molecule has 0 radical (unpaired) electrons. The Kier molecular flexibility index (Phi) is 5.67. The predicted molar refractivity (Wildman–Crippen MR) is 104 cm³/mol. The largest absolute Gasteiger partial charge is 0.322 e. The lowest BCUT2D eigenvalue weighted by molar-refractivity contribution is 0.102. The first-order valence-corrected chi connectivity index (χ1v) is 9.75. The Hall–Kier alpha value is -1.45. The summed E-state index contributed by atoms with van der Waals surface area (Å²) in [7, 11) is -0.603. The van der Waals surface area contributed by atoms with E-state index in [0.29, 0.717) is 11.3 Å². The maximum atomic E-state index is 12.5. The van der Waals surface area contributed by atoms with Gasteiger partial charge in [-0.1, -0.05) is 6.07 Å². The molecule has 0 spiro atoms. The highest BCUT2D eigenvalue weighted by Crippen LogP contribution is 2.26. The molecule has 0 saturated carbocycles. The van der Waals surface area contributed by atoms with Crippen molar-refractivity contribution in [1.82, 2.24) is 4.31 Å². The van der Waals surface area contributed by atoms with Gasteiger partial charge in [0.2, 0.25) is 10.0 Å². The van der Waals surface area contributed by atoms with Crippen LogP contribution in [-0.4, -0.2) is 32.7 Å². The third kappa shape index (κ3) is 3.96. The highest BCUT2D eigenvalue weighted by atomic mass is 127. The normalized spacial score (nSPS) is 11.6. The molecule has 0 saturated heterocycles. The number of halogens is 1. The highest BCUT2D eigenvalue weighted by molar-refractivity contribution is 14.1. The van der Waals surface area contributed by atoms with E-state index in [1.165, 1.54) is 20.2 Å². The fraction of sp³-hybridized carbons (Fsp3) is 0.235. The van der Waals surface area contributed by atoms with Gasteiger partial charge >= 0.3 is 0 Å². The molecule has 0 aromatic heterocycles. The van der Waals surface area contributed by atoms with Gasteiger partial charge in [0.1, 0.15) is 0 Å². The van der Waals surface area contributed by atoms with E-state index < -0.39 is 10.0 Å². The third-order valence-corrected chi connectivity index (χ3v) is 6.22. The number of anilines is 1. The summed E-state index contributed by atoms with van der Waals surface area (Å²) < 4.78 is 26.8. The number of aryl methyl sites for hydroxylation is 1. The summed E-state index contributed by atoms with van der Waals surface area (Å²) >= 11 is 2.14. The second-order valence-electron chi connectivity index (χ2n) is 5.66. The molecule has 24 heavy (non-hydrogen) atoms. The van der Waals surface area contributed by atoms with Crippen molar-refractivity contribution in [2.45, 2.75) is 18.7 Å². The van der Waals surface area contributed by atoms with Crippen molar-refractivity contribution in [3.63, 3.8) is 0 Å². The maximum absolute atomic E-state index is 12.5. The number of carbonyl (C=O) groups excluding carboxylic acids is 1. The summed E-state index contributed by atoms with van der Waals surface area (Å²) in [6.45, 7) is 3.68. The van der Waals surface area contributed by atoms with Crippen molar-refractivity contribution in [3.8, 4) is 0 Å². The van der Waals surface area contributed by atoms with Gasteiger partial charge in [-0.15, -0.1) is 0 Å². The fourth-order valence-electron chi connectivity index (χ4n) is 2.14. The quantitative estimate of drug-likeness (QED) is 0.715. The second kappa shape index (κ2) is 7.20. The lowest BCUT2D eigenvalue weighted by Crippen LogP contribution is -2.23. The Labute approximate surface area is 156 Å². The third-order valence-electron chi connectivity index (χ3n) is 3.75. The number of sulfonamides is 1. The van der Waals surface area contributed by atoms with Gasteiger partial charge in [0.05, 0.1) is 4.90 Å². The number of nitrogens with one attached hydrogen (secondary N) is 1. The molecule has 2 aromatic carbocycles. The molecule has 7 heteroatoms. The van der Waals surface area contributed by atoms with Crippen LogP contribution in [0, 0.1) is 17.4 Å². The van der Waals surface area contributed by atoms with E-state index >= 15 is 0 Å². The van der Waals surface area contributed by atoms with Crippen LogP contribution in [0.5, 0.6) is 0 Å². The summed E-state index contributed by atoms with van der Waals surface area (Å²) in [5.41, 5.74) is 2.67. The molecule has 0 unspecified atom stereocenters. The Morgan fingerprint density at radius 2 is 1.79 bits per heavy atom. The zero-order valence-electron chi connectivity index (χ0n) is 13.9. The minimum Gasteiger partial charge on any atom is -0.322 e. The molecule has 0 heterocycles. The molecule has 0 atom stereocenters. The number of hydrogen-bond donors (Lipinski definition) is 1. The van der Waals surface area contributed by atoms with Crippen molar-refractivity contribution in [2.24, 2.45) is 0 Å². The standard InChI is InChI=1S/C17H19IN2O3S/c1-11-8-15(24(22,23)20(3)4)10-16(12(11)2)19-17(21)13-6-5-7-14(18)9-13/h5-10H,1-4H3,(H,19,21). The van der Waals surface area contributed by atoms with E-state index in [2.05, 4.69) is 27.9 Å². The Bertz CT molecular complexity index is 893. The lowest BCUT2D eigenvalue weighted by Gasteiger charge is -2.16. The molecule has 0 fully saturated rings. The van der Waals surface area contributed by atoms with Crippen LogP contribution in [0.15, 0.2) is 41.3 Å². The van der Waals surface area contributed by atoms with Crippen LogP contribution >= 0.6 is 22.6 Å². The van der Waals surface area contributed by atoms with Gasteiger partial charge in [0, 0.05) is 28.9 Å². The molecular weight excluding hydrogens is 439 g/mol. The number of benzene rings is 2. The van der Waals surface area contributed by atoms with E-state index in [-0.39, 0.29) is 10.8 Å². The predicted octanol–water partition coefficient (Wildman–Crippen LogP) is 3.41. The summed E-state index contributed by atoms with van der Waals surface area (Å²) in [5.74, 6) is -0.268. The van der Waals surface area contributed by atoms with E-state index in [9.17, 15) is 13.2 Å². The molecule has 1 amide bonds. The van der Waals surface area contributed by atoms with E-state index in [4.69, 9.17) is 0 Å². The smallest absolute Gasteiger partial charge is 0.255 e. The van der Waals surface area contributed by atoms with Crippen molar-refractivity contribution >= 4 is 44.2 Å². The van der Waals surface area contributed by atoms with Crippen LogP contribution in [0.25, 0.3) is 0 Å². The molecule has 0 aliphatic rings. The van der Waals surface area contributed by atoms with Gasteiger partial charge in [-0.3, -0.25) is 4.79 Å². The van der Waals surface area contributed by atoms with Crippen LogP contribution in [0.3, 0.4) is 0 Å². The van der Waals surface area contributed by atoms with Crippen LogP contribution in [0.1, 0.15) is 21.5 Å². The molecule has 1 N–H and O–H groups in total. The molecule has 0 aliphatic carbocycles. The van der Waals surface area contributed by atoms with Gasteiger partial charge in [-0.25, -0.2) is 12.7 Å². The highest BCUT2D eigenvalue weighted by Gasteiger charge is 2.20. The average molecular weight is 458 g/mol. The zero-order chi connectivity index (χ0) is 18.1. The van der Waals surface area contributed by atoms with Crippen molar-refractivity contribution in [1.29, 1.82) is 0 Å². The van der Waals surface area contributed by atoms with Crippen LogP contribution in [0.2, 0.25) is 0 Å². The SMILES string of the molecule is Cc1cc(S(=O)(=O)N(C)C)cc(NC(=O)c2cccc(I)c2)c1C. The van der Waals surface area contributed by atoms with Crippen LogP contribution in [-0.2, 0) is 10.0 Å². The topological polar surface area (TPSA) is 66.5 Å².